The molecule has 5 rings (SSSR count). The molecule has 1 aromatic rings. The van der Waals surface area contributed by atoms with E-state index in [1.807, 2.05) is 0 Å². The summed E-state index contributed by atoms with van der Waals surface area (Å²) in [6.07, 6.45) is 2.46. The SMILES string of the molecule is Clc1nc(C2CN3CCN2CC3)nc(C2CC2)c1Br. The molecule has 0 amide bonds. The molecule has 0 aromatic carbocycles. The summed E-state index contributed by atoms with van der Waals surface area (Å²) in [6.45, 7) is 5.65. The maximum absolute atomic E-state index is 6.28. The lowest BCUT2D eigenvalue weighted by molar-refractivity contribution is 0.00855. The first-order valence-corrected chi connectivity index (χ1v) is 8.08. The minimum absolute atomic E-state index is 0.325. The molecular formula is C13H16BrClN4. The van der Waals surface area contributed by atoms with Gasteiger partial charge in [-0.15, -0.1) is 0 Å². The van der Waals surface area contributed by atoms with Gasteiger partial charge in [0.2, 0.25) is 0 Å². The summed E-state index contributed by atoms with van der Waals surface area (Å²) in [4.78, 5) is 14.3. The molecule has 102 valence electrons. The second kappa shape index (κ2) is 4.65. The molecule has 3 aliphatic heterocycles. The van der Waals surface area contributed by atoms with E-state index in [9.17, 15) is 0 Å². The average Bonchev–Trinajstić information content (AvgIpc) is 3.27. The highest BCUT2D eigenvalue weighted by molar-refractivity contribution is 9.10. The molecule has 0 radical (unpaired) electrons. The summed E-state index contributed by atoms with van der Waals surface area (Å²) < 4.78 is 0.900. The molecule has 4 heterocycles. The molecule has 19 heavy (non-hydrogen) atoms. The number of piperazine rings is 3. The lowest BCUT2D eigenvalue weighted by Crippen LogP contribution is -2.57. The topological polar surface area (TPSA) is 32.3 Å². The first kappa shape index (κ1) is 12.5. The fourth-order valence-electron chi connectivity index (χ4n) is 3.09. The summed E-state index contributed by atoms with van der Waals surface area (Å²) in [7, 11) is 0. The average molecular weight is 344 g/mol. The van der Waals surface area contributed by atoms with Gasteiger partial charge in [0.05, 0.1) is 16.2 Å². The van der Waals surface area contributed by atoms with Gasteiger partial charge in [-0.25, -0.2) is 9.97 Å². The molecular weight excluding hydrogens is 328 g/mol. The number of halogens is 2. The normalized spacial score (nSPS) is 33.7. The van der Waals surface area contributed by atoms with Gasteiger partial charge in [-0.3, -0.25) is 9.80 Å². The van der Waals surface area contributed by atoms with Crippen molar-refractivity contribution in [2.24, 2.45) is 0 Å². The minimum Gasteiger partial charge on any atom is -0.299 e. The standard InChI is InChI=1S/C13H16BrClN4/c14-10-11(8-1-2-8)16-13(17-12(10)15)9-7-18-3-5-19(9)6-4-18/h8-9H,1-7H2. The number of fused-ring (bicyclic) bond motifs is 3. The quantitative estimate of drug-likeness (QED) is 0.772. The molecule has 4 fully saturated rings. The van der Waals surface area contributed by atoms with Crippen LogP contribution in [0, 0.1) is 0 Å². The fraction of sp³-hybridized carbons (Fsp3) is 0.692. The lowest BCUT2D eigenvalue weighted by Gasteiger charge is -2.46. The van der Waals surface area contributed by atoms with E-state index >= 15 is 0 Å². The van der Waals surface area contributed by atoms with Gasteiger partial charge in [0.15, 0.2) is 0 Å². The largest absolute Gasteiger partial charge is 0.299 e. The van der Waals surface area contributed by atoms with E-state index in [0.717, 1.165) is 35.6 Å². The van der Waals surface area contributed by atoms with Crippen molar-refractivity contribution in [3.05, 3.63) is 21.1 Å². The van der Waals surface area contributed by atoms with Crippen molar-refractivity contribution in [3.8, 4) is 0 Å². The molecule has 1 atom stereocenters. The summed E-state index contributed by atoms with van der Waals surface area (Å²) in [5.41, 5.74) is 1.12. The monoisotopic (exact) mass is 342 g/mol. The Morgan fingerprint density at radius 3 is 2.42 bits per heavy atom. The number of hydrogen-bond donors (Lipinski definition) is 0. The molecule has 2 bridgehead atoms. The van der Waals surface area contributed by atoms with Gasteiger partial charge in [-0.05, 0) is 28.8 Å². The van der Waals surface area contributed by atoms with E-state index in [4.69, 9.17) is 16.6 Å². The van der Waals surface area contributed by atoms with Gasteiger partial charge in [0, 0.05) is 38.6 Å². The molecule has 0 spiro atoms. The van der Waals surface area contributed by atoms with E-state index in [-0.39, 0.29) is 0 Å². The maximum atomic E-state index is 6.28. The third kappa shape index (κ3) is 2.20. The zero-order valence-electron chi connectivity index (χ0n) is 10.6. The van der Waals surface area contributed by atoms with Crippen LogP contribution >= 0.6 is 27.5 Å². The predicted molar refractivity (Wildman–Crippen MR) is 77.5 cm³/mol. The predicted octanol–water partition coefficient (Wildman–Crippen LogP) is 2.44. The Balaban J connectivity index is 1.71. The van der Waals surface area contributed by atoms with Gasteiger partial charge >= 0.3 is 0 Å². The number of rotatable bonds is 2. The van der Waals surface area contributed by atoms with Crippen molar-refractivity contribution in [2.45, 2.75) is 24.8 Å². The van der Waals surface area contributed by atoms with Gasteiger partial charge in [-0.1, -0.05) is 11.6 Å². The van der Waals surface area contributed by atoms with Crippen molar-refractivity contribution in [1.82, 2.24) is 19.8 Å². The Hall–Kier alpha value is -0.230. The Morgan fingerprint density at radius 2 is 1.84 bits per heavy atom. The Labute approximate surface area is 126 Å². The highest BCUT2D eigenvalue weighted by Gasteiger charge is 2.36. The van der Waals surface area contributed by atoms with Crippen LogP contribution < -0.4 is 0 Å². The van der Waals surface area contributed by atoms with Gasteiger partial charge in [-0.2, -0.15) is 0 Å². The number of aromatic nitrogens is 2. The highest BCUT2D eigenvalue weighted by atomic mass is 79.9. The van der Waals surface area contributed by atoms with Crippen molar-refractivity contribution in [1.29, 1.82) is 0 Å². The van der Waals surface area contributed by atoms with E-state index in [1.54, 1.807) is 0 Å². The molecule has 3 saturated heterocycles. The second-order valence-electron chi connectivity index (χ2n) is 5.70. The summed E-state index contributed by atoms with van der Waals surface area (Å²) in [5.74, 6) is 1.50. The van der Waals surface area contributed by atoms with Crippen LogP contribution in [0.15, 0.2) is 4.47 Å². The molecule has 1 unspecified atom stereocenters. The third-order valence-corrected chi connectivity index (χ3v) is 5.68. The Kier molecular flexibility index (Phi) is 3.06. The Morgan fingerprint density at radius 1 is 1.11 bits per heavy atom. The van der Waals surface area contributed by atoms with Gasteiger partial charge < -0.3 is 0 Å². The molecule has 1 saturated carbocycles. The van der Waals surface area contributed by atoms with Crippen molar-refractivity contribution in [3.63, 3.8) is 0 Å². The second-order valence-corrected chi connectivity index (χ2v) is 6.85. The first-order chi connectivity index (χ1) is 9.22. The van der Waals surface area contributed by atoms with Crippen LogP contribution in [0.2, 0.25) is 5.15 Å². The number of hydrogen-bond acceptors (Lipinski definition) is 4. The zero-order chi connectivity index (χ0) is 13.0. The summed E-state index contributed by atoms with van der Waals surface area (Å²) in [5, 5.41) is 0.574. The van der Waals surface area contributed by atoms with Crippen LogP contribution in [-0.4, -0.2) is 52.5 Å². The lowest BCUT2D eigenvalue weighted by atomic mass is 10.1. The first-order valence-electron chi connectivity index (χ1n) is 6.91. The molecule has 1 aromatic heterocycles. The van der Waals surface area contributed by atoms with Gasteiger partial charge in [0.1, 0.15) is 11.0 Å². The minimum atomic E-state index is 0.325. The van der Waals surface area contributed by atoms with Crippen molar-refractivity contribution >= 4 is 27.5 Å². The third-order valence-electron chi connectivity index (χ3n) is 4.39. The van der Waals surface area contributed by atoms with E-state index < -0.39 is 0 Å². The van der Waals surface area contributed by atoms with Crippen LogP contribution in [0.1, 0.15) is 36.3 Å². The molecule has 6 heteroatoms. The molecule has 0 N–H and O–H groups in total. The van der Waals surface area contributed by atoms with Crippen LogP contribution in [0.3, 0.4) is 0 Å². The molecule has 4 aliphatic rings. The van der Waals surface area contributed by atoms with E-state index in [2.05, 4.69) is 30.7 Å². The number of nitrogens with zero attached hydrogens (tertiary/aromatic N) is 4. The summed E-state index contributed by atoms with van der Waals surface area (Å²) >= 11 is 9.82. The molecule has 1 aliphatic carbocycles. The van der Waals surface area contributed by atoms with Crippen molar-refractivity contribution in [2.75, 3.05) is 32.7 Å². The van der Waals surface area contributed by atoms with Gasteiger partial charge in [0.25, 0.3) is 0 Å². The molecule has 4 nitrogen and oxygen atoms in total. The Bertz CT molecular complexity index is 512. The maximum Gasteiger partial charge on any atom is 0.148 e. The van der Waals surface area contributed by atoms with Crippen LogP contribution in [-0.2, 0) is 0 Å². The van der Waals surface area contributed by atoms with Crippen LogP contribution in [0.25, 0.3) is 0 Å². The van der Waals surface area contributed by atoms with E-state index in [1.165, 1.54) is 25.9 Å². The highest BCUT2D eigenvalue weighted by Crippen LogP contribution is 2.44. The summed E-state index contributed by atoms with van der Waals surface area (Å²) in [6, 6.07) is 0.325. The van der Waals surface area contributed by atoms with Crippen molar-refractivity contribution < 1.29 is 0 Å². The van der Waals surface area contributed by atoms with Crippen LogP contribution in [0.5, 0.6) is 0 Å². The van der Waals surface area contributed by atoms with E-state index in [0.29, 0.717) is 17.1 Å². The smallest absolute Gasteiger partial charge is 0.148 e. The fourth-order valence-corrected chi connectivity index (χ4v) is 3.78. The zero-order valence-corrected chi connectivity index (χ0v) is 13.0. The van der Waals surface area contributed by atoms with Crippen LogP contribution in [0.4, 0.5) is 0 Å².